The highest BCUT2D eigenvalue weighted by Gasteiger charge is 2.08. The summed E-state index contributed by atoms with van der Waals surface area (Å²) in [7, 11) is 0. The van der Waals surface area contributed by atoms with E-state index in [1.807, 2.05) is 6.20 Å². The van der Waals surface area contributed by atoms with Gasteiger partial charge in [-0.3, -0.25) is 4.42 Å². The summed E-state index contributed by atoms with van der Waals surface area (Å²) in [6.45, 7) is 4.29. The van der Waals surface area contributed by atoms with Crippen molar-refractivity contribution in [2.45, 2.75) is 110 Å². The third-order valence-corrected chi connectivity index (χ3v) is 5.27. The van der Waals surface area contributed by atoms with E-state index in [1.54, 1.807) is 4.42 Å². The van der Waals surface area contributed by atoms with Crippen LogP contribution in [0, 0.1) is 0 Å². The van der Waals surface area contributed by atoms with Gasteiger partial charge < -0.3 is 4.90 Å². The molecule has 0 N–H and O–H groups in total. The molecule has 1 aliphatic rings. The van der Waals surface area contributed by atoms with Gasteiger partial charge in [-0.05, 0) is 6.42 Å². The number of rotatable bonds is 17. The Hall–Kier alpha value is -0.370. The molecule has 0 radical (unpaired) electrons. The van der Waals surface area contributed by atoms with E-state index in [9.17, 15) is 0 Å². The van der Waals surface area contributed by atoms with Crippen molar-refractivity contribution >= 4 is 11.8 Å². The highest BCUT2D eigenvalue weighted by molar-refractivity contribution is 6.14. The quantitative estimate of drug-likeness (QED) is 0.197. The number of halogens is 1. The molecule has 0 aliphatic carbocycles. The Kier molecular flexibility index (Phi) is 14.6. The van der Waals surface area contributed by atoms with Crippen LogP contribution in [0.5, 0.6) is 0 Å². The number of unbranched alkanes of at least 4 members (excludes halogenated alkanes) is 15. The fourth-order valence-electron chi connectivity index (χ4n) is 3.44. The average molecular weight is 357 g/mol. The summed E-state index contributed by atoms with van der Waals surface area (Å²) in [5.74, 6) is 0. The molecule has 24 heavy (non-hydrogen) atoms. The zero-order valence-corrected chi connectivity index (χ0v) is 16.9. The molecule has 0 amide bonds. The van der Waals surface area contributed by atoms with E-state index in [4.69, 9.17) is 11.8 Å². The Bertz CT molecular complexity index is 294. The highest BCUT2D eigenvalue weighted by atomic mass is 35.5. The highest BCUT2D eigenvalue weighted by Crippen LogP contribution is 2.14. The van der Waals surface area contributed by atoms with Crippen molar-refractivity contribution in [1.82, 2.24) is 9.32 Å². The Morgan fingerprint density at radius 2 is 1.04 bits per heavy atom. The Morgan fingerprint density at radius 3 is 1.42 bits per heavy atom. The maximum atomic E-state index is 5.89. The van der Waals surface area contributed by atoms with E-state index < -0.39 is 0 Å². The lowest BCUT2D eigenvalue weighted by Crippen LogP contribution is -2.20. The molecule has 2 nitrogen and oxygen atoms in total. The predicted octanol–water partition coefficient (Wildman–Crippen LogP) is 7.45. The minimum Gasteiger partial charge on any atom is -0.357 e. The fourth-order valence-corrected chi connectivity index (χ4v) is 3.63. The van der Waals surface area contributed by atoms with Crippen molar-refractivity contribution in [3.05, 3.63) is 12.4 Å². The molecule has 0 saturated carbocycles. The Labute approximate surface area is 156 Å². The molecule has 0 bridgehead atoms. The van der Waals surface area contributed by atoms with Crippen LogP contribution in [0.25, 0.3) is 0 Å². The van der Waals surface area contributed by atoms with Crippen LogP contribution in [0.4, 0.5) is 0 Å². The zero-order chi connectivity index (χ0) is 17.3. The maximum Gasteiger partial charge on any atom is 0.105 e. The van der Waals surface area contributed by atoms with Gasteiger partial charge in [-0.1, -0.05) is 103 Å². The number of hydrogen-bond acceptors (Lipinski definition) is 2. The monoisotopic (exact) mass is 356 g/mol. The molecule has 1 rings (SSSR count). The van der Waals surface area contributed by atoms with Crippen LogP contribution in [0.2, 0.25) is 0 Å². The van der Waals surface area contributed by atoms with Gasteiger partial charge in [0.1, 0.15) is 6.67 Å². The molecule has 0 spiro atoms. The average Bonchev–Trinajstić information content (AvgIpc) is 3.00. The van der Waals surface area contributed by atoms with E-state index >= 15 is 0 Å². The first-order valence-electron chi connectivity index (χ1n) is 10.7. The van der Waals surface area contributed by atoms with Crippen LogP contribution < -0.4 is 0 Å². The first-order valence-corrected chi connectivity index (χ1v) is 11.0. The van der Waals surface area contributed by atoms with Crippen molar-refractivity contribution in [1.29, 1.82) is 0 Å². The summed E-state index contributed by atoms with van der Waals surface area (Å²) in [6.07, 6.45) is 26.9. The summed E-state index contributed by atoms with van der Waals surface area (Å²) in [4.78, 5) is 2.29. The van der Waals surface area contributed by atoms with Gasteiger partial charge in [0, 0.05) is 30.7 Å². The standard InChI is InChI=1S/C21H41ClN2/c1-2-3-4-5-6-7-8-9-10-11-12-13-14-15-16-17-18-23-19-20-24(22)21-23/h19-20H,2-18,21H2,1H3. The summed E-state index contributed by atoms with van der Waals surface area (Å²) >= 11 is 5.89. The van der Waals surface area contributed by atoms with Crippen LogP contribution in [0.3, 0.4) is 0 Å². The SMILES string of the molecule is CCCCCCCCCCCCCCCCCCN1C=CN(Cl)C1. The molecular weight excluding hydrogens is 316 g/mol. The molecule has 142 valence electrons. The lowest BCUT2D eigenvalue weighted by molar-refractivity contribution is 0.331. The van der Waals surface area contributed by atoms with Crippen LogP contribution >= 0.6 is 11.8 Å². The molecule has 1 heterocycles. The molecule has 1 aliphatic heterocycles. The van der Waals surface area contributed by atoms with Crippen LogP contribution in [0.1, 0.15) is 110 Å². The first kappa shape index (κ1) is 21.7. The predicted molar refractivity (Wildman–Crippen MR) is 108 cm³/mol. The summed E-state index contributed by atoms with van der Waals surface area (Å²) in [5, 5.41) is 0. The van der Waals surface area contributed by atoms with Gasteiger partial charge in [-0.25, -0.2) is 0 Å². The minimum atomic E-state index is 0.848. The van der Waals surface area contributed by atoms with Crippen LogP contribution in [-0.2, 0) is 0 Å². The molecular formula is C21H41ClN2. The van der Waals surface area contributed by atoms with E-state index in [2.05, 4.69) is 18.0 Å². The fraction of sp³-hybridized carbons (Fsp3) is 0.905. The summed E-state index contributed by atoms with van der Waals surface area (Å²) in [6, 6.07) is 0. The van der Waals surface area contributed by atoms with Gasteiger partial charge in [0.25, 0.3) is 0 Å². The molecule has 0 saturated heterocycles. The van der Waals surface area contributed by atoms with Crippen molar-refractivity contribution < 1.29 is 0 Å². The zero-order valence-electron chi connectivity index (χ0n) is 16.2. The topological polar surface area (TPSA) is 6.48 Å². The van der Waals surface area contributed by atoms with E-state index in [0.717, 1.165) is 13.2 Å². The lowest BCUT2D eigenvalue weighted by atomic mass is 10.0. The van der Waals surface area contributed by atoms with Gasteiger partial charge >= 0.3 is 0 Å². The van der Waals surface area contributed by atoms with Gasteiger partial charge in [-0.2, -0.15) is 0 Å². The Balaban J connectivity index is 1.67. The minimum absolute atomic E-state index is 0.848. The van der Waals surface area contributed by atoms with Crippen LogP contribution in [-0.4, -0.2) is 22.5 Å². The van der Waals surface area contributed by atoms with Gasteiger partial charge in [0.2, 0.25) is 0 Å². The van der Waals surface area contributed by atoms with E-state index in [1.165, 1.54) is 103 Å². The molecule has 0 fully saturated rings. The van der Waals surface area contributed by atoms with Gasteiger partial charge in [0.15, 0.2) is 0 Å². The van der Waals surface area contributed by atoms with E-state index in [-0.39, 0.29) is 0 Å². The molecule has 0 aromatic carbocycles. The number of nitrogens with zero attached hydrogens (tertiary/aromatic N) is 2. The smallest absolute Gasteiger partial charge is 0.105 e. The maximum absolute atomic E-state index is 5.89. The summed E-state index contributed by atoms with van der Waals surface area (Å²) < 4.78 is 1.71. The first-order chi connectivity index (χ1) is 11.8. The van der Waals surface area contributed by atoms with Gasteiger partial charge in [-0.15, -0.1) is 0 Å². The van der Waals surface area contributed by atoms with Gasteiger partial charge in [0.05, 0.1) is 0 Å². The second kappa shape index (κ2) is 16.1. The third kappa shape index (κ3) is 13.0. The largest absolute Gasteiger partial charge is 0.357 e. The van der Waals surface area contributed by atoms with Crippen molar-refractivity contribution in [3.63, 3.8) is 0 Å². The molecule has 0 aromatic rings. The molecule has 0 aromatic heterocycles. The molecule has 0 unspecified atom stereocenters. The second-order valence-electron chi connectivity index (χ2n) is 7.45. The lowest BCUT2D eigenvalue weighted by Gasteiger charge is -2.16. The number of hydrogen-bond donors (Lipinski definition) is 0. The second-order valence-corrected chi connectivity index (χ2v) is 7.89. The van der Waals surface area contributed by atoms with Crippen LogP contribution in [0.15, 0.2) is 12.4 Å². The van der Waals surface area contributed by atoms with Crippen molar-refractivity contribution in [2.75, 3.05) is 13.2 Å². The van der Waals surface area contributed by atoms with Crippen molar-refractivity contribution in [2.24, 2.45) is 0 Å². The summed E-state index contributed by atoms with van der Waals surface area (Å²) in [5.41, 5.74) is 0. The Morgan fingerprint density at radius 1 is 0.625 bits per heavy atom. The molecule has 0 atom stereocenters. The normalized spacial score (nSPS) is 14.1. The van der Waals surface area contributed by atoms with E-state index in [0.29, 0.717) is 0 Å². The van der Waals surface area contributed by atoms with Crippen molar-refractivity contribution in [3.8, 4) is 0 Å². The third-order valence-electron chi connectivity index (χ3n) is 5.05. The molecule has 3 heteroatoms.